The first kappa shape index (κ1) is 15.1. The summed E-state index contributed by atoms with van der Waals surface area (Å²) in [7, 11) is 0. The van der Waals surface area contributed by atoms with E-state index in [1.54, 1.807) is 30.5 Å². The van der Waals surface area contributed by atoms with Crippen LogP contribution in [-0.2, 0) is 0 Å². The van der Waals surface area contributed by atoms with E-state index >= 15 is 0 Å². The fourth-order valence-electron chi connectivity index (χ4n) is 5.60. The van der Waals surface area contributed by atoms with Gasteiger partial charge < -0.3 is 5.32 Å². The van der Waals surface area contributed by atoms with E-state index in [1.165, 1.54) is 42.9 Å². The van der Waals surface area contributed by atoms with E-state index < -0.39 is 0 Å². The predicted molar refractivity (Wildman–Crippen MR) is 91.8 cm³/mol. The highest BCUT2D eigenvalue weighted by Crippen LogP contribution is 2.53. The largest absolute Gasteiger partial charge is 0.347 e. The average molecular weight is 339 g/mol. The fraction of sp³-hybridized carbons (Fsp3) is 0.500. The maximum atomic E-state index is 13.9. The van der Waals surface area contributed by atoms with Crippen molar-refractivity contribution in [2.75, 3.05) is 0 Å². The van der Waals surface area contributed by atoms with Crippen LogP contribution in [0.5, 0.6) is 0 Å². The number of carbonyl (C=O) groups excluding carboxylic acids is 1. The Morgan fingerprint density at radius 2 is 1.72 bits per heavy atom. The number of hydrogen-bond donors (Lipinski definition) is 1. The van der Waals surface area contributed by atoms with Crippen LogP contribution >= 0.6 is 0 Å². The molecule has 0 spiro atoms. The molecule has 2 aromatic rings. The van der Waals surface area contributed by atoms with Gasteiger partial charge in [-0.25, -0.2) is 9.07 Å². The molecule has 25 heavy (non-hydrogen) atoms. The molecule has 4 aliphatic carbocycles. The van der Waals surface area contributed by atoms with Crippen LogP contribution in [0.15, 0.2) is 36.5 Å². The summed E-state index contributed by atoms with van der Waals surface area (Å²) in [6.45, 7) is 0. The summed E-state index contributed by atoms with van der Waals surface area (Å²) in [6.07, 6.45) is 8.11. The van der Waals surface area contributed by atoms with E-state index in [0.29, 0.717) is 29.3 Å². The Morgan fingerprint density at radius 1 is 1.04 bits per heavy atom. The van der Waals surface area contributed by atoms with Gasteiger partial charge in [0.25, 0.3) is 5.91 Å². The number of hydrogen-bond acceptors (Lipinski definition) is 2. The smallest absolute Gasteiger partial charge is 0.272 e. The first-order valence-electron chi connectivity index (χ1n) is 9.29. The van der Waals surface area contributed by atoms with E-state index in [2.05, 4.69) is 10.4 Å². The maximum Gasteiger partial charge on any atom is 0.272 e. The minimum absolute atomic E-state index is 0.132. The first-order chi connectivity index (χ1) is 12.2. The van der Waals surface area contributed by atoms with Crippen LogP contribution in [0, 0.1) is 29.5 Å². The van der Waals surface area contributed by atoms with Crippen LogP contribution in [0.2, 0.25) is 0 Å². The van der Waals surface area contributed by atoms with Gasteiger partial charge in [-0.3, -0.25) is 4.79 Å². The molecule has 4 fully saturated rings. The SMILES string of the molecule is O=C(NC1C2CC3CC(C2)CC1C3)c1ccn(-c2ccccc2F)n1. The number of nitrogens with one attached hydrogen (secondary N) is 1. The van der Waals surface area contributed by atoms with Gasteiger partial charge in [0.05, 0.1) is 0 Å². The van der Waals surface area contributed by atoms with Crippen molar-refractivity contribution >= 4 is 5.91 Å². The lowest BCUT2D eigenvalue weighted by atomic mass is 9.54. The van der Waals surface area contributed by atoms with Crippen molar-refractivity contribution in [2.45, 2.75) is 38.1 Å². The number of para-hydroxylation sites is 1. The summed E-state index contributed by atoms with van der Waals surface area (Å²) in [5.41, 5.74) is 0.716. The second-order valence-electron chi connectivity index (χ2n) is 8.03. The Bertz CT molecular complexity index is 787. The summed E-state index contributed by atoms with van der Waals surface area (Å²) in [6, 6.07) is 8.40. The van der Waals surface area contributed by atoms with Crippen molar-refractivity contribution in [3.05, 3.63) is 48.0 Å². The number of rotatable bonds is 3. The van der Waals surface area contributed by atoms with Gasteiger partial charge in [-0.1, -0.05) is 12.1 Å². The first-order valence-corrected chi connectivity index (χ1v) is 9.29. The van der Waals surface area contributed by atoms with E-state index in [-0.39, 0.29) is 11.7 Å². The number of aromatic nitrogens is 2. The maximum absolute atomic E-state index is 13.9. The molecule has 4 nitrogen and oxygen atoms in total. The summed E-state index contributed by atoms with van der Waals surface area (Å²) in [5, 5.41) is 7.54. The Kier molecular flexibility index (Phi) is 3.43. The van der Waals surface area contributed by atoms with Crippen LogP contribution in [0.1, 0.15) is 42.6 Å². The third-order valence-corrected chi connectivity index (χ3v) is 6.45. The van der Waals surface area contributed by atoms with Crippen LogP contribution in [0.25, 0.3) is 5.69 Å². The zero-order valence-corrected chi connectivity index (χ0v) is 14.1. The Morgan fingerprint density at radius 3 is 2.40 bits per heavy atom. The molecule has 5 heteroatoms. The third-order valence-electron chi connectivity index (χ3n) is 6.45. The van der Waals surface area contributed by atoms with Gasteiger partial charge >= 0.3 is 0 Å². The summed E-state index contributed by atoms with van der Waals surface area (Å²) < 4.78 is 15.3. The van der Waals surface area contributed by atoms with E-state index in [1.807, 2.05) is 0 Å². The van der Waals surface area contributed by atoms with Crippen LogP contribution < -0.4 is 5.32 Å². The van der Waals surface area contributed by atoms with Crippen molar-refractivity contribution in [1.29, 1.82) is 0 Å². The summed E-state index contributed by atoms with van der Waals surface area (Å²) in [5.74, 6) is 2.56. The number of benzene rings is 1. The third kappa shape index (κ3) is 2.57. The van der Waals surface area contributed by atoms with Gasteiger partial charge in [-0.05, 0) is 74.0 Å². The molecule has 4 aliphatic rings. The second-order valence-corrected chi connectivity index (χ2v) is 8.03. The number of amides is 1. The molecule has 1 aromatic carbocycles. The van der Waals surface area contributed by atoms with Crippen molar-refractivity contribution in [3.63, 3.8) is 0 Å². The Labute approximate surface area is 146 Å². The number of nitrogens with zero attached hydrogens (tertiary/aromatic N) is 2. The quantitative estimate of drug-likeness (QED) is 0.929. The Hall–Kier alpha value is -2.17. The molecule has 0 unspecified atom stereocenters. The van der Waals surface area contributed by atoms with Gasteiger partial charge in [0.2, 0.25) is 0 Å². The van der Waals surface area contributed by atoms with Crippen molar-refractivity contribution in [2.24, 2.45) is 23.7 Å². The van der Waals surface area contributed by atoms with E-state index in [9.17, 15) is 9.18 Å². The van der Waals surface area contributed by atoms with Crippen LogP contribution in [0.4, 0.5) is 4.39 Å². The minimum Gasteiger partial charge on any atom is -0.347 e. The van der Waals surface area contributed by atoms with Crippen molar-refractivity contribution in [3.8, 4) is 5.69 Å². The van der Waals surface area contributed by atoms with Crippen LogP contribution in [-0.4, -0.2) is 21.7 Å². The Balaban J connectivity index is 1.33. The molecule has 130 valence electrons. The zero-order chi connectivity index (χ0) is 17.0. The molecule has 1 aromatic heterocycles. The highest BCUT2D eigenvalue weighted by atomic mass is 19.1. The second kappa shape index (κ2) is 5.68. The van der Waals surface area contributed by atoms with Gasteiger partial charge in [-0.15, -0.1) is 0 Å². The van der Waals surface area contributed by atoms with Gasteiger partial charge in [0, 0.05) is 12.2 Å². The topological polar surface area (TPSA) is 46.9 Å². The monoisotopic (exact) mass is 339 g/mol. The highest BCUT2D eigenvalue weighted by Gasteiger charge is 2.48. The lowest BCUT2D eigenvalue weighted by Gasteiger charge is -2.54. The van der Waals surface area contributed by atoms with Crippen molar-refractivity contribution in [1.82, 2.24) is 15.1 Å². The normalized spacial score (nSPS) is 32.8. The molecule has 1 heterocycles. The average Bonchev–Trinajstić information content (AvgIpc) is 3.08. The lowest BCUT2D eigenvalue weighted by Crippen LogP contribution is -2.55. The number of halogens is 1. The van der Waals surface area contributed by atoms with E-state index in [0.717, 1.165) is 11.8 Å². The van der Waals surface area contributed by atoms with Gasteiger partial charge in [0.1, 0.15) is 11.5 Å². The standard InChI is InChI=1S/C20H22FN3O/c21-16-3-1-2-4-18(16)24-6-5-17(23-24)20(25)22-19-14-8-12-7-13(10-14)11-15(19)9-12/h1-6,12-15,19H,7-11H2,(H,22,25). The highest BCUT2D eigenvalue weighted by molar-refractivity contribution is 5.92. The summed E-state index contributed by atoms with van der Waals surface area (Å²) in [4.78, 5) is 12.7. The molecular weight excluding hydrogens is 317 g/mol. The number of carbonyl (C=O) groups is 1. The fourth-order valence-corrected chi connectivity index (χ4v) is 5.60. The summed E-state index contributed by atoms with van der Waals surface area (Å²) >= 11 is 0. The molecule has 0 saturated heterocycles. The van der Waals surface area contributed by atoms with Crippen molar-refractivity contribution < 1.29 is 9.18 Å². The zero-order valence-electron chi connectivity index (χ0n) is 14.1. The van der Waals surface area contributed by atoms with Gasteiger partial charge in [0.15, 0.2) is 5.69 Å². The minimum atomic E-state index is -0.349. The molecule has 0 radical (unpaired) electrons. The molecular formula is C20H22FN3O. The van der Waals surface area contributed by atoms with Gasteiger partial charge in [-0.2, -0.15) is 5.10 Å². The molecule has 1 N–H and O–H groups in total. The van der Waals surface area contributed by atoms with Crippen LogP contribution in [0.3, 0.4) is 0 Å². The molecule has 0 atom stereocenters. The molecule has 0 aliphatic heterocycles. The molecule has 4 bridgehead atoms. The van der Waals surface area contributed by atoms with E-state index in [4.69, 9.17) is 0 Å². The molecule has 4 saturated carbocycles. The molecule has 1 amide bonds. The predicted octanol–water partition coefficient (Wildman–Crippen LogP) is 3.57. The lowest BCUT2D eigenvalue weighted by molar-refractivity contribution is -0.0120. The molecule has 6 rings (SSSR count).